The lowest BCUT2D eigenvalue weighted by atomic mass is 10.0. The molecule has 0 spiro atoms. The molecule has 0 saturated heterocycles. The Bertz CT molecular complexity index is 545. The second-order valence-corrected chi connectivity index (χ2v) is 7.09. The Kier molecular flexibility index (Phi) is 9.57. The normalized spacial score (nSPS) is 11.9. The summed E-state index contributed by atoms with van der Waals surface area (Å²) in [6.45, 7) is 8.68. The van der Waals surface area contributed by atoms with Crippen LogP contribution in [-0.2, 0) is 20.7 Å². The number of esters is 1. The third kappa shape index (κ3) is 7.46. The highest BCUT2D eigenvalue weighted by atomic mass is 79.9. The Labute approximate surface area is 158 Å². The van der Waals surface area contributed by atoms with Gasteiger partial charge in [-0.15, -0.1) is 0 Å². The van der Waals surface area contributed by atoms with Crippen molar-refractivity contribution in [1.82, 2.24) is 4.90 Å². The molecule has 25 heavy (non-hydrogen) atoms. The van der Waals surface area contributed by atoms with E-state index >= 15 is 0 Å². The van der Waals surface area contributed by atoms with Crippen LogP contribution in [0.1, 0.15) is 39.7 Å². The lowest BCUT2D eigenvalue weighted by Gasteiger charge is -2.30. The molecule has 1 aromatic rings. The molecule has 0 aliphatic carbocycles. The first-order valence-electron chi connectivity index (χ1n) is 8.73. The molecule has 1 amide bonds. The van der Waals surface area contributed by atoms with Gasteiger partial charge in [-0.1, -0.05) is 41.9 Å². The summed E-state index contributed by atoms with van der Waals surface area (Å²) in [5, 5.41) is 0. The molecule has 0 fully saturated rings. The van der Waals surface area contributed by atoms with Gasteiger partial charge in [0.25, 0.3) is 0 Å². The van der Waals surface area contributed by atoms with Crippen molar-refractivity contribution >= 4 is 28.0 Å². The van der Waals surface area contributed by atoms with E-state index in [4.69, 9.17) is 9.47 Å². The molecule has 6 heteroatoms. The molecule has 0 N–H and O–H groups in total. The first kappa shape index (κ1) is 21.5. The van der Waals surface area contributed by atoms with E-state index in [0.717, 1.165) is 16.5 Å². The molecular formula is C19H28BrNO4. The predicted molar refractivity (Wildman–Crippen MR) is 101 cm³/mol. The van der Waals surface area contributed by atoms with E-state index in [9.17, 15) is 9.59 Å². The monoisotopic (exact) mass is 413 g/mol. The van der Waals surface area contributed by atoms with Crippen molar-refractivity contribution in [2.24, 2.45) is 5.92 Å². The molecule has 1 unspecified atom stereocenters. The maximum absolute atomic E-state index is 12.5. The van der Waals surface area contributed by atoms with Crippen LogP contribution in [0.2, 0.25) is 0 Å². The molecule has 0 aliphatic rings. The molecule has 1 aromatic carbocycles. The van der Waals surface area contributed by atoms with Gasteiger partial charge in [-0.3, -0.25) is 4.90 Å². The standard InChI is InChI=1S/C19H28BrNO4/c1-5-24-18(22)17(13-15-7-9-16(20)10-8-15)21(12-11-14(3)4)19(23)25-6-2/h7-10,14,17H,5-6,11-13H2,1-4H3. The SMILES string of the molecule is CCOC(=O)C(Cc1ccc(Br)cc1)N(CCC(C)C)C(=O)OCC. The molecular weight excluding hydrogens is 386 g/mol. The summed E-state index contributed by atoms with van der Waals surface area (Å²) in [5.74, 6) is 0.00896. The summed E-state index contributed by atoms with van der Waals surface area (Å²) in [6.07, 6.45) is 0.705. The molecule has 0 aliphatic heterocycles. The molecule has 1 atom stereocenters. The molecule has 0 bridgehead atoms. The maximum atomic E-state index is 12.5. The van der Waals surface area contributed by atoms with Gasteiger partial charge in [0, 0.05) is 17.4 Å². The number of amides is 1. The molecule has 5 nitrogen and oxygen atoms in total. The van der Waals surface area contributed by atoms with Crippen molar-refractivity contribution in [2.75, 3.05) is 19.8 Å². The predicted octanol–water partition coefficient (Wildman–Crippen LogP) is 4.43. The van der Waals surface area contributed by atoms with Gasteiger partial charge in [0.1, 0.15) is 6.04 Å². The van der Waals surface area contributed by atoms with Gasteiger partial charge in [0.15, 0.2) is 0 Å². The molecule has 0 saturated carbocycles. The van der Waals surface area contributed by atoms with Crippen LogP contribution in [0, 0.1) is 5.92 Å². The zero-order valence-electron chi connectivity index (χ0n) is 15.5. The van der Waals surface area contributed by atoms with Gasteiger partial charge in [-0.25, -0.2) is 9.59 Å². The minimum absolute atomic E-state index is 0.269. The van der Waals surface area contributed by atoms with Gasteiger partial charge >= 0.3 is 12.1 Å². The van der Waals surface area contributed by atoms with E-state index in [1.54, 1.807) is 13.8 Å². The zero-order chi connectivity index (χ0) is 18.8. The van der Waals surface area contributed by atoms with Crippen LogP contribution in [0.5, 0.6) is 0 Å². The van der Waals surface area contributed by atoms with Crippen molar-refractivity contribution in [3.63, 3.8) is 0 Å². The Morgan fingerprint density at radius 3 is 2.20 bits per heavy atom. The highest BCUT2D eigenvalue weighted by Crippen LogP contribution is 2.17. The highest BCUT2D eigenvalue weighted by Gasteiger charge is 2.32. The summed E-state index contributed by atoms with van der Waals surface area (Å²) in [5.41, 5.74) is 0.958. The molecule has 0 radical (unpaired) electrons. The summed E-state index contributed by atoms with van der Waals surface area (Å²) < 4.78 is 11.4. The summed E-state index contributed by atoms with van der Waals surface area (Å²) in [4.78, 5) is 26.5. The van der Waals surface area contributed by atoms with Crippen molar-refractivity contribution in [2.45, 2.75) is 46.6 Å². The first-order valence-corrected chi connectivity index (χ1v) is 9.52. The van der Waals surface area contributed by atoms with Crippen LogP contribution >= 0.6 is 15.9 Å². The van der Waals surface area contributed by atoms with Crippen molar-refractivity contribution in [1.29, 1.82) is 0 Å². The Morgan fingerprint density at radius 1 is 1.08 bits per heavy atom. The van der Waals surface area contributed by atoms with E-state index in [1.165, 1.54) is 4.90 Å². The summed E-state index contributed by atoms with van der Waals surface area (Å²) in [7, 11) is 0. The van der Waals surface area contributed by atoms with Crippen LogP contribution in [-0.4, -0.2) is 42.8 Å². The Hall–Kier alpha value is -1.56. The molecule has 1 rings (SSSR count). The number of rotatable bonds is 9. The van der Waals surface area contributed by atoms with E-state index in [2.05, 4.69) is 29.8 Å². The van der Waals surface area contributed by atoms with Gasteiger partial charge in [0.2, 0.25) is 0 Å². The first-order chi connectivity index (χ1) is 11.9. The smallest absolute Gasteiger partial charge is 0.410 e. The number of carbonyl (C=O) groups is 2. The average Bonchev–Trinajstić information content (AvgIpc) is 2.56. The lowest BCUT2D eigenvalue weighted by molar-refractivity contribution is -0.149. The van der Waals surface area contributed by atoms with E-state index in [1.807, 2.05) is 24.3 Å². The third-order valence-electron chi connectivity index (χ3n) is 3.73. The van der Waals surface area contributed by atoms with Crippen LogP contribution in [0.15, 0.2) is 28.7 Å². The van der Waals surface area contributed by atoms with Gasteiger partial charge < -0.3 is 9.47 Å². The Balaban J connectivity index is 3.06. The van der Waals surface area contributed by atoms with E-state index in [-0.39, 0.29) is 13.2 Å². The van der Waals surface area contributed by atoms with Gasteiger partial charge in [-0.05, 0) is 43.9 Å². The van der Waals surface area contributed by atoms with Crippen molar-refractivity contribution in [3.8, 4) is 0 Å². The Morgan fingerprint density at radius 2 is 1.68 bits per heavy atom. The number of nitrogens with zero attached hydrogens (tertiary/aromatic N) is 1. The molecule has 0 aromatic heterocycles. The average molecular weight is 414 g/mol. The fourth-order valence-corrected chi connectivity index (χ4v) is 2.65. The largest absolute Gasteiger partial charge is 0.464 e. The molecule has 140 valence electrons. The number of carbonyl (C=O) groups excluding carboxylic acids is 2. The molecule has 0 heterocycles. The third-order valence-corrected chi connectivity index (χ3v) is 4.26. The number of ether oxygens (including phenoxy) is 2. The van der Waals surface area contributed by atoms with Gasteiger partial charge in [-0.2, -0.15) is 0 Å². The van der Waals surface area contributed by atoms with E-state index in [0.29, 0.717) is 18.9 Å². The number of hydrogen-bond acceptors (Lipinski definition) is 4. The van der Waals surface area contributed by atoms with E-state index < -0.39 is 18.1 Å². The fourth-order valence-electron chi connectivity index (χ4n) is 2.38. The number of halogens is 1. The van der Waals surface area contributed by atoms with Gasteiger partial charge in [0.05, 0.1) is 13.2 Å². The second-order valence-electron chi connectivity index (χ2n) is 6.17. The topological polar surface area (TPSA) is 55.8 Å². The summed E-state index contributed by atoms with van der Waals surface area (Å²) >= 11 is 3.40. The van der Waals surface area contributed by atoms with Crippen LogP contribution in [0.3, 0.4) is 0 Å². The van der Waals surface area contributed by atoms with Crippen LogP contribution in [0.4, 0.5) is 4.79 Å². The minimum Gasteiger partial charge on any atom is -0.464 e. The van der Waals surface area contributed by atoms with Crippen molar-refractivity contribution in [3.05, 3.63) is 34.3 Å². The fraction of sp³-hybridized carbons (Fsp3) is 0.579. The quantitative estimate of drug-likeness (QED) is 0.561. The maximum Gasteiger partial charge on any atom is 0.410 e. The second kappa shape index (κ2) is 11.1. The van der Waals surface area contributed by atoms with Crippen molar-refractivity contribution < 1.29 is 19.1 Å². The highest BCUT2D eigenvalue weighted by molar-refractivity contribution is 9.10. The van der Waals surface area contributed by atoms with Crippen LogP contribution < -0.4 is 0 Å². The minimum atomic E-state index is -0.695. The summed E-state index contributed by atoms with van der Waals surface area (Å²) in [6, 6.07) is 7.00. The zero-order valence-corrected chi connectivity index (χ0v) is 17.0. The lowest BCUT2D eigenvalue weighted by Crippen LogP contribution is -2.48. The van der Waals surface area contributed by atoms with Crippen LogP contribution in [0.25, 0.3) is 0 Å². The number of benzene rings is 1. The number of hydrogen-bond donors (Lipinski definition) is 0.